The van der Waals surface area contributed by atoms with Crippen molar-refractivity contribution in [2.24, 2.45) is 0 Å². The van der Waals surface area contributed by atoms with Gasteiger partial charge in [-0.05, 0) is 47.9 Å². The molecule has 7 nitrogen and oxygen atoms in total. The van der Waals surface area contributed by atoms with Crippen LogP contribution in [0.2, 0.25) is 0 Å². The minimum atomic E-state index is -3.74. The molecule has 4 rings (SSSR count). The topological polar surface area (TPSA) is 93.1 Å². The summed E-state index contributed by atoms with van der Waals surface area (Å²) in [5.74, 6) is -0.328. The van der Waals surface area contributed by atoms with Crippen molar-refractivity contribution in [3.8, 4) is 5.69 Å². The predicted octanol–water partition coefficient (Wildman–Crippen LogP) is 3.32. The van der Waals surface area contributed by atoms with Gasteiger partial charge in [-0.3, -0.25) is 4.79 Å². The molecule has 3 aromatic carbocycles. The maximum absolute atomic E-state index is 12.6. The lowest BCUT2D eigenvalue weighted by Crippen LogP contribution is -2.27. The van der Waals surface area contributed by atoms with E-state index in [0.29, 0.717) is 13.0 Å². The van der Waals surface area contributed by atoms with Gasteiger partial charge in [-0.25, -0.2) is 17.8 Å². The Balaban J connectivity index is 1.33. The Kier molecular flexibility index (Phi) is 6.97. The lowest BCUT2D eigenvalue weighted by atomic mass is 10.2. The van der Waals surface area contributed by atoms with Crippen LogP contribution in [0.15, 0.2) is 102 Å². The molecule has 0 fully saturated rings. The van der Waals surface area contributed by atoms with Gasteiger partial charge in [0.1, 0.15) is 0 Å². The molecule has 0 radical (unpaired) electrons. The summed E-state index contributed by atoms with van der Waals surface area (Å²) in [7, 11) is -3.74. The second-order valence-electron chi connectivity index (χ2n) is 7.47. The predicted molar refractivity (Wildman–Crippen MR) is 127 cm³/mol. The highest BCUT2D eigenvalue weighted by molar-refractivity contribution is 7.89. The van der Waals surface area contributed by atoms with E-state index in [1.165, 1.54) is 12.1 Å². The zero-order valence-corrected chi connectivity index (χ0v) is 18.7. The van der Waals surface area contributed by atoms with Crippen LogP contribution in [-0.4, -0.2) is 30.7 Å². The monoisotopic (exact) mass is 460 g/mol. The summed E-state index contributed by atoms with van der Waals surface area (Å²) in [5, 5.41) is 7.19. The molecule has 4 aromatic rings. The number of sulfonamides is 1. The second-order valence-corrected chi connectivity index (χ2v) is 9.24. The zero-order valence-electron chi connectivity index (χ0n) is 17.9. The summed E-state index contributed by atoms with van der Waals surface area (Å²) in [6.07, 6.45) is 4.30. The van der Waals surface area contributed by atoms with Crippen molar-refractivity contribution < 1.29 is 13.2 Å². The number of para-hydroxylation sites is 1. The molecule has 0 aliphatic heterocycles. The van der Waals surface area contributed by atoms with Crippen molar-refractivity contribution >= 4 is 15.9 Å². The van der Waals surface area contributed by atoms with Crippen molar-refractivity contribution in [3.05, 3.63) is 114 Å². The van der Waals surface area contributed by atoms with Crippen LogP contribution >= 0.6 is 0 Å². The second kappa shape index (κ2) is 10.2. The number of aromatic nitrogens is 2. The number of amides is 1. The van der Waals surface area contributed by atoms with E-state index in [1.807, 2.05) is 66.9 Å². The Morgan fingerprint density at radius 1 is 0.879 bits per heavy atom. The van der Waals surface area contributed by atoms with Crippen LogP contribution in [0.25, 0.3) is 5.69 Å². The highest BCUT2D eigenvalue weighted by Gasteiger charge is 2.16. The molecule has 0 saturated carbocycles. The average Bonchev–Trinajstić information content (AvgIpc) is 3.33. The van der Waals surface area contributed by atoms with Crippen molar-refractivity contribution in [2.45, 2.75) is 17.9 Å². The van der Waals surface area contributed by atoms with Crippen molar-refractivity contribution in [1.82, 2.24) is 19.8 Å². The Bertz CT molecular complexity index is 1320. The third kappa shape index (κ3) is 5.94. The smallest absolute Gasteiger partial charge is 0.251 e. The number of benzene rings is 3. The Hall–Kier alpha value is -3.75. The molecule has 0 bridgehead atoms. The number of rotatable bonds is 9. The first-order valence-electron chi connectivity index (χ1n) is 10.5. The third-order valence-electron chi connectivity index (χ3n) is 5.07. The highest BCUT2D eigenvalue weighted by Crippen LogP contribution is 2.13. The first kappa shape index (κ1) is 22.4. The molecule has 33 heavy (non-hydrogen) atoms. The van der Waals surface area contributed by atoms with Crippen LogP contribution in [-0.2, 0) is 23.0 Å². The van der Waals surface area contributed by atoms with Gasteiger partial charge >= 0.3 is 0 Å². The summed E-state index contributed by atoms with van der Waals surface area (Å²) in [4.78, 5) is 12.6. The first-order chi connectivity index (χ1) is 16.0. The van der Waals surface area contributed by atoms with Gasteiger partial charge in [0.25, 0.3) is 5.91 Å². The van der Waals surface area contributed by atoms with Crippen molar-refractivity contribution in [1.29, 1.82) is 0 Å². The lowest BCUT2D eigenvalue weighted by molar-refractivity contribution is 0.0954. The van der Waals surface area contributed by atoms with E-state index >= 15 is 0 Å². The maximum atomic E-state index is 12.6. The fraction of sp³-hybridized carbons (Fsp3) is 0.120. The van der Waals surface area contributed by atoms with Gasteiger partial charge < -0.3 is 5.32 Å². The van der Waals surface area contributed by atoms with Gasteiger partial charge in [0.05, 0.1) is 16.8 Å². The molecular weight excluding hydrogens is 436 g/mol. The quantitative estimate of drug-likeness (QED) is 0.401. The van der Waals surface area contributed by atoms with Crippen molar-refractivity contribution in [3.63, 3.8) is 0 Å². The number of hydrogen-bond donors (Lipinski definition) is 2. The summed E-state index contributed by atoms with van der Waals surface area (Å²) in [5.41, 5.74) is 3.09. The van der Waals surface area contributed by atoms with Crippen LogP contribution in [0.3, 0.4) is 0 Å². The number of nitrogens with one attached hydrogen (secondary N) is 2. The molecule has 1 amide bonds. The Labute approximate surface area is 193 Å². The normalized spacial score (nSPS) is 11.3. The summed E-state index contributed by atoms with van der Waals surface area (Å²) < 4.78 is 29.6. The van der Waals surface area contributed by atoms with Gasteiger partial charge in [-0.1, -0.05) is 54.6 Å². The van der Waals surface area contributed by atoms with Gasteiger partial charge in [0.2, 0.25) is 10.0 Å². The van der Waals surface area contributed by atoms with E-state index in [0.717, 1.165) is 16.8 Å². The Morgan fingerprint density at radius 3 is 2.36 bits per heavy atom. The molecule has 1 heterocycles. The molecule has 0 saturated heterocycles. The zero-order chi connectivity index (χ0) is 23.1. The summed E-state index contributed by atoms with van der Waals surface area (Å²) >= 11 is 0. The molecule has 0 spiro atoms. The molecule has 8 heteroatoms. The van der Waals surface area contributed by atoms with Gasteiger partial charge in [0.15, 0.2) is 0 Å². The van der Waals surface area contributed by atoms with Crippen LogP contribution in [0.5, 0.6) is 0 Å². The Morgan fingerprint density at radius 2 is 1.61 bits per heavy atom. The maximum Gasteiger partial charge on any atom is 0.251 e. The number of nitrogens with zero attached hydrogens (tertiary/aromatic N) is 2. The number of carbonyl (C=O) groups is 1. The third-order valence-corrected chi connectivity index (χ3v) is 6.47. The molecule has 0 aliphatic carbocycles. The molecule has 168 valence electrons. The van der Waals surface area contributed by atoms with Gasteiger partial charge in [-0.15, -0.1) is 0 Å². The molecule has 1 aromatic heterocycles. The van der Waals surface area contributed by atoms with E-state index in [4.69, 9.17) is 0 Å². The highest BCUT2D eigenvalue weighted by atomic mass is 32.2. The molecular formula is C25H24N4O3S. The van der Waals surface area contributed by atoms with Crippen LogP contribution in [0.1, 0.15) is 21.5 Å². The largest absolute Gasteiger partial charge is 0.352 e. The number of carbonyl (C=O) groups excluding carboxylic acids is 1. The van der Waals surface area contributed by atoms with Gasteiger partial charge in [0, 0.05) is 24.8 Å². The van der Waals surface area contributed by atoms with E-state index < -0.39 is 10.0 Å². The van der Waals surface area contributed by atoms with E-state index in [-0.39, 0.29) is 22.9 Å². The molecule has 0 atom stereocenters. The van der Waals surface area contributed by atoms with E-state index in [9.17, 15) is 13.2 Å². The van der Waals surface area contributed by atoms with Gasteiger partial charge in [-0.2, -0.15) is 5.10 Å². The van der Waals surface area contributed by atoms with Crippen LogP contribution in [0.4, 0.5) is 0 Å². The molecule has 2 N–H and O–H groups in total. The standard InChI is InChI=1S/C25H24N4O3S/c30-25(26-15-14-21-17-27-29(19-21)23-11-5-2-6-12-23)22-10-7-13-24(16-22)33(31,32)28-18-20-8-3-1-4-9-20/h1-13,16-17,19,28H,14-15,18H2,(H,26,30). The fourth-order valence-corrected chi connectivity index (χ4v) is 4.36. The lowest BCUT2D eigenvalue weighted by Gasteiger charge is -2.09. The van der Waals surface area contributed by atoms with Crippen LogP contribution < -0.4 is 10.0 Å². The number of hydrogen-bond acceptors (Lipinski definition) is 4. The van der Waals surface area contributed by atoms with Crippen LogP contribution in [0, 0.1) is 0 Å². The average molecular weight is 461 g/mol. The van der Waals surface area contributed by atoms with E-state index in [2.05, 4.69) is 15.1 Å². The van der Waals surface area contributed by atoms with E-state index in [1.54, 1.807) is 23.0 Å². The fourth-order valence-electron chi connectivity index (χ4n) is 3.30. The minimum absolute atomic E-state index is 0.0511. The first-order valence-corrected chi connectivity index (χ1v) is 12.0. The molecule has 0 aliphatic rings. The molecule has 0 unspecified atom stereocenters. The SMILES string of the molecule is O=C(NCCc1cnn(-c2ccccc2)c1)c1cccc(S(=O)(=O)NCc2ccccc2)c1. The van der Waals surface area contributed by atoms with Crippen molar-refractivity contribution in [2.75, 3.05) is 6.54 Å². The summed E-state index contributed by atoms with van der Waals surface area (Å²) in [6.45, 7) is 0.582. The minimum Gasteiger partial charge on any atom is -0.352 e. The summed E-state index contributed by atoms with van der Waals surface area (Å²) in [6, 6.07) is 25.0.